The van der Waals surface area contributed by atoms with E-state index in [1.807, 2.05) is 23.6 Å². The van der Waals surface area contributed by atoms with Crippen LogP contribution >= 0.6 is 50.2 Å². The summed E-state index contributed by atoms with van der Waals surface area (Å²) in [6.45, 7) is 0. The zero-order valence-electron chi connectivity index (χ0n) is 9.44. The Balaban J connectivity index is 1.89. The number of carbonyl (C=O) groups is 1. The van der Waals surface area contributed by atoms with E-state index in [1.165, 1.54) is 11.3 Å². The van der Waals surface area contributed by atoms with Gasteiger partial charge in [-0.2, -0.15) is 0 Å². The average Bonchev–Trinajstić information content (AvgIpc) is 2.95. The topological polar surface area (TPSA) is 29.1 Å². The smallest absolute Gasteiger partial charge is 0.265 e. The monoisotopic (exact) mass is 371 g/mol. The van der Waals surface area contributed by atoms with E-state index in [9.17, 15) is 4.79 Å². The lowest BCUT2D eigenvalue weighted by Crippen LogP contribution is -2.10. The van der Waals surface area contributed by atoms with Crippen molar-refractivity contribution < 1.29 is 4.79 Å². The van der Waals surface area contributed by atoms with Crippen molar-refractivity contribution in [2.75, 3.05) is 5.32 Å². The van der Waals surface area contributed by atoms with Gasteiger partial charge in [0.2, 0.25) is 0 Å². The van der Waals surface area contributed by atoms with Crippen LogP contribution in [-0.4, -0.2) is 5.91 Å². The minimum Gasteiger partial charge on any atom is -0.320 e. The third-order valence-corrected chi connectivity index (χ3v) is 6.05. The van der Waals surface area contributed by atoms with Crippen LogP contribution in [0.15, 0.2) is 40.2 Å². The molecule has 19 heavy (non-hydrogen) atoms. The summed E-state index contributed by atoms with van der Waals surface area (Å²) < 4.78 is 2.98. The molecule has 0 aliphatic carbocycles. The predicted octanol–water partition coefficient (Wildman–Crippen LogP) is 5.63. The summed E-state index contributed by atoms with van der Waals surface area (Å²) in [5.74, 6) is -0.114. The Morgan fingerprint density at radius 3 is 2.89 bits per heavy atom. The summed E-state index contributed by atoms with van der Waals surface area (Å²) in [6, 6.07) is 9.32. The Kier molecular flexibility index (Phi) is 3.62. The second-order valence-corrected chi connectivity index (χ2v) is 7.05. The highest BCUT2D eigenvalue weighted by atomic mass is 79.9. The molecule has 3 aromatic rings. The number of hydrogen-bond donors (Lipinski definition) is 1. The van der Waals surface area contributed by atoms with E-state index in [-0.39, 0.29) is 5.91 Å². The van der Waals surface area contributed by atoms with E-state index in [0.717, 1.165) is 9.40 Å². The molecule has 0 fully saturated rings. The van der Waals surface area contributed by atoms with Gasteiger partial charge < -0.3 is 5.32 Å². The zero-order valence-corrected chi connectivity index (χ0v) is 13.4. The number of anilines is 1. The summed E-state index contributed by atoms with van der Waals surface area (Å²) >= 11 is 12.5. The van der Waals surface area contributed by atoms with Gasteiger partial charge in [0.1, 0.15) is 0 Å². The zero-order chi connectivity index (χ0) is 13.4. The van der Waals surface area contributed by atoms with Gasteiger partial charge in [0.15, 0.2) is 0 Å². The summed E-state index contributed by atoms with van der Waals surface area (Å²) in [7, 11) is 0. The van der Waals surface area contributed by atoms with Gasteiger partial charge in [-0.25, -0.2) is 0 Å². The molecule has 0 atom stereocenters. The molecular formula is C13H7BrClNOS2. The first-order valence-corrected chi connectivity index (χ1v) is 8.24. The maximum absolute atomic E-state index is 12.2. The van der Waals surface area contributed by atoms with Crippen molar-refractivity contribution in [1.29, 1.82) is 0 Å². The van der Waals surface area contributed by atoms with Crippen molar-refractivity contribution in [1.82, 2.24) is 0 Å². The molecule has 0 radical (unpaired) electrons. The van der Waals surface area contributed by atoms with Crippen molar-refractivity contribution in [3.8, 4) is 0 Å². The van der Waals surface area contributed by atoms with Crippen molar-refractivity contribution in [2.45, 2.75) is 0 Å². The fraction of sp³-hybridized carbons (Fsp3) is 0. The molecular weight excluding hydrogens is 366 g/mol. The lowest BCUT2D eigenvalue weighted by molar-refractivity contribution is 0.103. The van der Waals surface area contributed by atoms with E-state index in [1.54, 1.807) is 23.5 Å². The Hall–Kier alpha value is -0.880. The molecule has 2 aromatic heterocycles. The van der Waals surface area contributed by atoms with Crippen molar-refractivity contribution in [2.24, 2.45) is 0 Å². The average molecular weight is 373 g/mol. The number of carbonyl (C=O) groups excluding carboxylic acids is 1. The number of fused-ring (bicyclic) bond motifs is 1. The number of rotatable bonds is 2. The van der Waals surface area contributed by atoms with Gasteiger partial charge in [-0.05, 0) is 45.6 Å². The van der Waals surface area contributed by atoms with Gasteiger partial charge in [-0.1, -0.05) is 17.7 Å². The lowest BCUT2D eigenvalue weighted by Gasteiger charge is -2.06. The normalized spacial score (nSPS) is 10.8. The molecule has 1 N–H and O–H groups in total. The van der Waals surface area contributed by atoms with Gasteiger partial charge in [-0.3, -0.25) is 4.79 Å². The van der Waals surface area contributed by atoms with Crippen LogP contribution in [0.25, 0.3) is 9.40 Å². The molecule has 96 valence electrons. The Labute approximate surface area is 131 Å². The van der Waals surface area contributed by atoms with Crippen LogP contribution in [0.4, 0.5) is 5.69 Å². The highest BCUT2D eigenvalue weighted by Crippen LogP contribution is 2.33. The number of hydrogen-bond acceptors (Lipinski definition) is 3. The molecule has 2 nitrogen and oxygen atoms in total. The summed E-state index contributed by atoms with van der Waals surface area (Å²) in [5, 5.41) is 5.46. The Morgan fingerprint density at radius 1 is 1.26 bits per heavy atom. The van der Waals surface area contributed by atoms with Crippen LogP contribution in [0.1, 0.15) is 9.67 Å². The maximum Gasteiger partial charge on any atom is 0.265 e. The number of benzene rings is 1. The molecule has 0 bridgehead atoms. The van der Waals surface area contributed by atoms with Crippen LogP contribution in [0, 0.1) is 0 Å². The van der Waals surface area contributed by atoms with Gasteiger partial charge in [0, 0.05) is 9.40 Å². The molecule has 0 aliphatic heterocycles. The quantitative estimate of drug-likeness (QED) is 0.620. The minimum atomic E-state index is -0.114. The second kappa shape index (κ2) is 5.25. The first kappa shape index (κ1) is 13.1. The van der Waals surface area contributed by atoms with Gasteiger partial charge in [0.25, 0.3) is 5.91 Å². The highest BCUT2D eigenvalue weighted by molar-refractivity contribution is 9.10. The van der Waals surface area contributed by atoms with Gasteiger partial charge in [-0.15, -0.1) is 22.7 Å². The second-order valence-electron chi connectivity index (χ2n) is 3.82. The fourth-order valence-corrected chi connectivity index (χ4v) is 4.20. The minimum absolute atomic E-state index is 0.114. The highest BCUT2D eigenvalue weighted by Gasteiger charge is 2.13. The number of amides is 1. The molecule has 0 unspecified atom stereocenters. The lowest BCUT2D eigenvalue weighted by atomic mass is 10.3. The number of nitrogens with one attached hydrogen (secondary N) is 1. The van der Waals surface area contributed by atoms with Crippen LogP contribution < -0.4 is 5.32 Å². The van der Waals surface area contributed by atoms with Gasteiger partial charge >= 0.3 is 0 Å². The Morgan fingerprint density at radius 2 is 2.11 bits per heavy atom. The SMILES string of the molecule is O=C(Nc1cccc(Cl)c1Br)c1cc2sccc2s1. The number of thiophene rings is 2. The summed E-state index contributed by atoms with van der Waals surface area (Å²) in [5.41, 5.74) is 0.675. The van der Waals surface area contributed by atoms with Crippen LogP contribution in [-0.2, 0) is 0 Å². The van der Waals surface area contributed by atoms with Crippen LogP contribution in [0.5, 0.6) is 0 Å². The first-order valence-electron chi connectivity index (χ1n) is 5.37. The van der Waals surface area contributed by atoms with E-state index in [2.05, 4.69) is 21.2 Å². The molecule has 3 rings (SSSR count). The molecule has 1 aromatic carbocycles. The fourth-order valence-electron chi connectivity index (χ4n) is 1.66. The van der Waals surface area contributed by atoms with E-state index < -0.39 is 0 Å². The summed E-state index contributed by atoms with van der Waals surface area (Å²) in [6.07, 6.45) is 0. The van der Waals surface area contributed by atoms with E-state index >= 15 is 0 Å². The van der Waals surface area contributed by atoms with E-state index in [0.29, 0.717) is 20.1 Å². The van der Waals surface area contributed by atoms with Crippen LogP contribution in [0.3, 0.4) is 0 Å². The van der Waals surface area contributed by atoms with Crippen molar-refractivity contribution >= 4 is 71.2 Å². The number of halogens is 2. The third-order valence-electron chi connectivity index (χ3n) is 2.56. The van der Waals surface area contributed by atoms with Crippen LogP contribution in [0.2, 0.25) is 5.02 Å². The van der Waals surface area contributed by atoms with E-state index in [4.69, 9.17) is 11.6 Å². The molecule has 0 aliphatic rings. The predicted molar refractivity (Wildman–Crippen MR) is 86.8 cm³/mol. The molecule has 2 heterocycles. The largest absolute Gasteiger partial charge is 0.320 e. The molecule has 6 heteroatoms. The molecule has 0 spiro atoms. The molecule has 0 saturated heterocycles. The maximum atomic E-state index is 12.2. The first-order chi connectivity index (χ1) is 9.15. The summed E-state index contributed by atoms with van der Waals surface area (Å²) in [4.78, 5) is 12.9. The molecule has 1 amide bonds. The van der Waals surface area contributed by atoms with Gasteiger partial charge in [0.05, 0.1) is 20.1 Å². The third kappa shape index (κ3) is 2.56. The molecule has 0 saturated carbocycles. The standard InChI is InChI=1S/C13H7BrClNOS2/c14-12-7(15)2-1-3-8(12)16-13(17)11-6-10-9(19-11)4-5-18-10/h1-6H,(H,16,17). The Bertz CT molecular complexity index is 736. The van der Waals surface area contributed by atoms with Crippen molar-refractivity contribution in [3.05, 3.63) is 50.1 Å². The van der Waals surface area contributed by atoms with Crippen molar-refractivity contribution in [3.63, 3.8) is 0 Å².